The van der Waals surface area contributed by atoms with Crippen LogP contribution in [0.4, 0.5) is 0 Å². The van der Waals surface area contributed by atoms with Crippen molar-refractivity contribution in [3.8, 4) is 0 Å². The van der Waals surface area contributed by atoms with Crippen LogP contribution < -0.4 is 0 Å². The van der Waals surface area contributed by atoms with Crippen molar-refractivity contribution in [2.45, 2.75) is 25.8 Å². The summed E-state index contributed by atoms with van der Waals surface area (Å²) in [7, 11) is -2.80. The maximum Gasteiger partial charge on any atom is 0.150 e. The molecule has 0 unspecified atom stereocenters. The van der Waals surface area contributed by atoms with Crippen molar-refractivity contribution in [3.63, 3.8) is 0 Å². The highest BCUT2D eigenvalue weighted by Gasteiger charge is 2.25. The van der Waals surface area contributed by atoms with Crippen LogP contribution in [-0.4, -0.2) is 29.5 Å². The first kappa shape index (κ1) is 11.7. The highest BCUT2D eigenvalue weighted by atomic mass is 32.2. The molecule has 0 saturated carbocycles. The zero-order chi connectivity index (χ0) is 12.8. The third-order valence-electron chi connectivity index (χ3n) is 3.65. The quantitative estimate of drug-likeness (QED) is 0.792. The molecule has 3 rings (SSSR count). The van der Waals surface area contributed by atoms with Gasteiger partial charge in [0, 0.05) is 6.04 Å². The molecule has 0 amide bonds. The summed E-state index contributed by atoms with van der Waals surface area (Å²) in [4.78, 5) is 4.38. The summed E-state index contributed by atoms with van der Waals surface area (Å²) >= 11 is 0. The molecule has 4 nitrogen and oxygen atoms in total. The lowest BCUT2D eigenvalue weighted by Crippen LogP contribution is -2.25. The van der Waals surface area contributed by atoms with Gasteiger partial charge in [0.15, 0.2) is 0 Å². The first-order valence-electron chi connectivity index (χ1n) is 6.19. The Bertz CT molecular complexity index is 674. The normalized spacial score (nSPS) is 20.3. The van der Waals surface area contributed by atoms with Crippen molar-refractivity contribution in [2.75, 3.05) is 11.5 Å². The summed E-state index contributed by atoms with van der Waals surface area (Å²) in [5.41, 5.74) is 3.29. The number of benzene rings is 1. The van der Waals surface area contributed by atoms with Gasteiger partial charge < -0.3 is 4.57 Å². The van der Waals surface area contributed by atoms with E-state index in [1.807, 2.05) is 18.5 Å². The molecule has 0 radical (unpaired) electrons. The van der Waals surface area contributed by atoms with Crippen molar-refractivity contribution < 1.29 is 8.42 Å². The SMILES string of the molecule is Cc1ccc2ncn(C3CCS(=O)(=O)CC3)c2c1. The van der Waals surface area contributed by atoms with Crippen molar-refractivity contribution in [1.29, 1.82) is 0 Å². The van der Waals surface area contributed by atoms with Crippen LogP contribution in [0.1, 0.15) is 24.4 Å². The second-order valence-electron chi connectivity index (χ2n) is 5.03. The van der Waals surface area contributed by atoms with Crippen molar-refractivity contribution in [1.82, 2.24) is 9.55 Å². The van der Waals surface area contributed by atoms with E-state index in [0.29, 0.717) is 24.3 Å². The minimum Gasteiger partial charge on any atom is -0.327 e. The number of aryl methyl sites for hydroxylation is 1. The van der Waals surface area contributed by atoms with Crippen LogP contribution in [0.5, 0.6) is 0 Å². The van der Waals surface area contributed by atoms with Crippen LogP contribution in [0.3, 0.4) is 0 Å². The molecule has 1 aliphatic rings. The lowest BCUT2D eigenvalue weighted by atomic mass is 10.1. The molecule has 0 N–H and O–H groups in total. The molecule has 1 saturated heterocycles. The number of nitrogens with zero attached hydrogens (tertiary/aromatic N) is 2. The molecule has 5 heteroatoms. The van der Waals surface area contributed by atoms with Crippen molar-refractivity contribution >= 4 is 20.9 Å². The van der Waals surface area contributed by atoms with E-state index < -0.39 is 9.84 Å². The number of sulfone groups is 1. The molecule has 2 heterocycles. The van der Waals surface area contributed by atoms with Crippen molar-refractivity contribution in [3.05, 3.63) is 30.1 Å². The second-order valence-corrected chi connectivity index (χ2v) is 7.33. The number of aromatic nitrogens is 2. The smallest absolute Gasteiger partial charge is 0.150 e. The molecule has 0 spiro atoms. The predicted octanol–water partition coefficient (Wildman–Crippen LogP) is 2.09. The summed E-state index contributed by atoms with van der Waals surface area (Å²) in [5.74, 6) is 0.590. The van der Waals surface area contributed by atoms with E-state index >= 15 is 0 Å². The highest BCUT2D eigenvalue weighted by molar-refractivity contribution is 7.91. The third-order valence-corrected chi connectivity index (χ3v) is 5.36. The lowest BCUT2D eigenvalue weighted by molar-refractivity contribution is 0.459. The van der Waals surface area contributed by atoms with Gasteiger partial charge in [0.05, 0.1) is 28.9 Å². The van der Waals surface area contributed by atoms with Gasteiger partial charge in [-0.05, 0) is 37.5 Å². The Morgan fingerprint density at radius 1 is 1.28 bits per heavy atom. The Kier molecular flexibility index (Phi) is 2.66. The fraction of sp³-hybridized carbons (Fsp3) is 0.462. The maximum atomic E-state index is 11.5. The maximum absolute atomic E-state index is 11.5. The number of rotatable bonds is 1. The van der Waals surface area contributed by atoms with Gasteiger partial charge in [-0.15, -0.1) is 0 Å². The van der Waals surface area contributed by atoms with Gasteiger partial charge in [0.1, 0.15) is 9.84 Å². The highest BCUT2D eigenvalue weighted by Crippen LogP contribution is 2.27. The molecule has 0 bridgehead atoms. The minimum atomic E-state index is -2.80. The molecule has 2 aromatic rings. The Labute approximate surface area is 107 Å². The largest absolute Gasteiger partial charge is 0.327 e. The Morgan fingerprint density at radius 3 is 2.72 bits per heavy atom. The van der Waals surface area contributed by atoms with E-state index in [4.69, 9.17) is 0 Å². The Balaban J connectivity index is 1.98. The van der Waals surface area contributed by atoms with Gasteiger partial charge in [-0.25, -0.2) is 13.4 Å². The van der Waals surface area contributed by atoms with Crippen molar-refractivity contribution in [2.24, 2.45) is 0 Å². The van der Waals surface area contributed by atoms with Crippen LogP contribution >= 0.6 is 0 Å². The van der Waals surface area contributed by atoms with Gasteiger partial charge in [-0.1, -0.05) is 6.07 Å². The molecule has 1 aromatic carbocycles. The number of hydrogen-bond donors (Lipinski definition) is 0. The number of imidazole rings is 1. The van der Waals surface area contributed by atoms with Crippen LogP contribution in [-0.2, 0) is 9.84 Å². The Hall–Kier alpha value is -1.36. The molecule has 0 atom stereocenters. The average molecular weight is 264 g/mol. The van der Waals surface area contributed by atoms with E-state index in [0.717, 1.165) is 11.0 Å². The lowest BCUT2D eigenvalue weighted by Gasteiger charge is -2.23. The number of fused-ring (bicyclic) bond motifs is 1. The van der Waals surface area contributed by atoms with Gasteiger partial charge in [-0.2, -0.15) is 0 Å². The monoisotopic (exact) mass is 264 g/mol. The first-order valence-corrected chi connectivity index (χ1v) is 8.01. The summed E-state index contributed by atoms with van der Waals surface area (Å²) < 4.78 is 25.1. The van der Waals surface area contributed by atoms with E-state index in [2.05, 4.69) is 22.5 Å². The molecular formula is C13H16N2O2S. The van der Waals surface area contributed by atoms with Crippen LogP contribution in [0, 0.1) is 6.92 Å². The van der Waals surface area contributed by atoms with E-state index in [9.17, 15) is 8.42 Å². The standard InChI is InChI=1S/C13H16N2O2S/c1-10-2-3-12-13(8-10)15(9-14-12)11-4-6-18(16,17)7-5-11/h2-3,8-9,11H,4-7H2,1H3. The topological polar surface area (TPSA) is 52.0 Å². The number of hydrogen-bond acceptors (Lipinski definition) is 3. The molecule has 1 aromatic heterocycles. The van der Waals surface area contributed by atoms with Crippen LogP contribution in [0.25, 0.3) is 11.0 Å². The summed E-state index contributed by atoms with van der Waals surface area (Å²) in [6, 6.07) is 6.44. The Morgan fingerprint density at radius 2 is 2.00 bits per heavy atom. The van der Waals surface area contributed by atoms with Gasteiger partial charge >= 0.3 is 0 Å². The molecule has 96 valence electrons. The summed E-state index contributed by atoms with van der Waals surface area (Å²) in [6.45, 7) is 2.06. The van der Waals surface area contributed by atoms with E-state index in [-0.39, 0.29) is 6.04 Å². The molecule has 1 fully saturated rings. The third kappa shape index (κ3) is 2.03. The van der Waals surface area contributed by atoms with Crippen LogP contribution in [0.15, 0.2) is 24.5 Å². The first-order chi connectivity index (χ1) is 8.55. The van der Waals surface area contributed by atoms with Crippen LogP contribution in [0.2, 0.25) is 0 Å². The van der Waals surface area contributed by atoms with E-state index in [1.165, 1.54) is 5.56 Å². The van der Waals surface area contributed by atoms with Gasteiger partial charge in [-0.3, -0.25) is 0 Å². The summed E-state index contributed by atoms with van der Waals surface area (Å²) in [6.07, 6.45) is 3.23. The average Bonchev–Trinajstić information content (AvgIpc) is 2.72. The predicted molar refractivity (Wildman–Crippen MR) is 71.4 cm³/mol. The molecular weight excluding hydrogens is 248 g/mol. The summed E-state index contributed by atoms with van der Waals surface area (Å²) in [5, 5.41) is 0. The fourth-order valence-corrected chi connectivity index (χ4v) is 4.05. The second kappa shape index (κ2) is 4.09. The molecule has 18 heavy (non-hydrogen) atoms. The minimum absolute atomic E-state index is 0.264. The zero-order valence-electron chi connectivity index (χ0n) is 10.3. The fourth-order valence-electron chi connectivity index (χ4n) is 2.58. The van der Waals surface area contributed by atoms with Gasteiger partial charge in [0.2, 0.25) is 0 Å². The van der Waals surface area contributed by atoms with E-state index in [1.54, 1.807) is 0 Å². The molecule has 1 aliphatic heterocycles. The van der Waals surface area contributed by atoms with Gasteiger partial charge in [0.25, 0.3) is 0 Å². The zero-order valence-corrected chi connectivity index (χ0v) is 11.2. The molecule has 0 aliphatic carbocycles.